The van der Waals surface area contributed by atoms with Crippen molar-refractivity contribution >= 4 is 16.7 Å². The molecule has 1 aromatic rings. The predicted octanol–water partition coefficient (Wildman–Crippen LogP) is -0.00650. The molecule has 19 heavy (non-hydrogen) atoms. The topological polar surface area (TPSA) is 75.4 Å². The molecule has 1 amide bonds. The predicted molar refractivity (Wildman–Crippen MR) is 71.2 cm³/mol. The average molecular weight is 285 g/mol. The Morgan fingerprint density at radius 2 is 2.11 bits per heavy atom. The Labute approximate surface area is 113 Å². The van der Waals surface area contributed by atoms with E-state index in [9.17, 15) is 13.4 Å². The molecule has 0 aliphatic carbocycles. The van der Waals surface area contributed by atoms with E-state index in [0.717, 1.165) is 0 Å². The highest BCUT2D eigenvalue weighted by Crippen LogP contribution is 2.14. The maximum atomic E-state index is 13.7. The molecule has 0 unspecified atom stereocenters. The lowest BCUT2D eigenvalue weighted by Crippen LogP contribution is -2.37. The third-order valence-corrected chi connectivity index (χ3v) is 4.38. The lowest BCUT2D eigenvalue weighted by Gasteiger charge is -2.26. The zero-order valence-electron chi connectivity index (χ0n) is 10.4. The van der Waals surface area contributed by atoms with E-state index in [1.54, 1.807) is 0 Å². The number of nitrogen functional groups attached to an aromatic ring is 1. The molecule has 0 spiro atoms. The molecule has 1 saturated heterocycles. The Bertz CT molecular complexity index is 500. The molecule has 0 aromatic heterocycles. The zero-order valence-corrected chi connectivity index (χ0v) is 11.2. The number of carbonyl (C=O) groups excluding carboxylic acids is 1. The molecule has 1 aliphatic heterocycles. The van der Waals surface area contributed by atoms with Gasteiger partial charge in [0.25, 0.3) is 5.91 Å². The Morgan fingerprint density at radius 1 is 1.42 bits per heavy atom. The van der Waals surface area contributed by atoms with Gasteiger partial charge in [0.05, 0.1) is 0 Å². The number of rotatable bonds is 3. The van der Waals surface area contributed by atoms with Gasteiger partial charge in [-0.3, -0.25) is 19.3 Å². The van der Waals surface area contributed by atoms with Gasteiger partial charge in [0.1, 0.15) is 5.82 Å². The SMILES string of the molecule is NNC(=O)c1ccc(F)c(CN2CCS(=O)CC2)c1. The number of carbonyl (C=O) groups is 1. The van der Waals surface area contributed by atoms with Crippen molar-refractivity contribution in [3.8, 4) is 0 Å². The van der Waals surface area contributed by atoms with E-state index in [0.29, 0.717) is 42.3 Å². The van der Waals surface area contributed by atoms with Crippen LogP contribution in [0.25, 0.3) is 0 Å². The second-order valence-electron chi connectivity index (χ2n) is 4.40. The van der Waals surface area contributed by atoms with E-state index in [2.05, 4.69) is 0 Å². The number of halogens is 1. The molecule has 0 radical (unpaired) electrons. The second-order valence-corrected chi connectivity index (χ2v) is 6.10. The maximum absolute atomic E-state index is 13.7. The first kappa shape index (κ1) is 14.1. The summed E-state index contributed by atoms with van der Waals surface area (Å²) < 4.78 is 25.0. The third-order valence-electron chi connectivity index (χ3n) is 3.10. The molecule has 1 aromatic carbocycles. The van der Waals surface area contributed by atoms with Gasteiger partial charge in [0, 0.05) is 53.1 Å². The number of nitrogens with one attached hydrogen (secondary N) is 1. The molecule has 7 heteroatoms. The van der Waals surface area contributed by atoms with Crippen LogP contribution in [0.1, 0.15) is 15.9 Å². The summed E-state index contributed by atoms with van der Waals surface area (Å²) >= 11 is 0. The van der Waals surface area contributed by atoms with Crippen molar-refractivity contribution in [2.75, 3.05) is 24.6 Å². The van der Waals surface area contributed by atoms with E-state index in [4.69, 9.17) is 5.84 Å². The van der Waals surface area contributed by atoms with Crippen LogP contribution in [-0.4, -0.2) is 39.6 Å². The van der Waals surface area contributed by atoms with Crippen molar-refractivity contribution < 1.29 is 13.4 Å². The first-order valence-electron chi connectivity index (χ1n) is 5.97. The number of amides is 1. The van der Waals surface area contributed by atoms with Crippen molar-refractivity contribution in [2.24, 2.45) is 5.84 Å². The van der Waals surface area contributed by atoms with Gasteiger partial charge in [0.15, 0.2) is 0 Å². The minimum atomic E-state index is -0.753. The molecule has 0 saturated carbocycles. The highest BCUT2D eigenvalue weighted by Gasteiger charge is 2.17. The fraction of sp³-hybridized carbons (Fsp3) is 0.417. The molecule has 3 N–H and O–H groups in total. The van der Waals surface area contributed by atoms with Crippen LogP contribution in [0.2, 0.25) is 0 Å². The van der Waals surface area contributed by atoms with Crippen molar-refractivity contribution in [3.05, 3.63) is 35.1 Å². The van der Waals surface area contributed by atoms with Gasteiger partial charge in [-0.15, -0.1) is 0 Å². The van der Waals surface area contributed by atoms with Crippen molar-refractivity contribution in [3.63, 3.8) is 0 Å². The zero-order chi connectivity index (χ0) is 13.8. The number of benzene rings is 1. The highest BCUT2D eigenvalue weighted by atomic mass is 32.2. The number of hydrogen-bond acceptors (Lipinski definition) is 4. The molecule has 1 aliphatic rings. The van der Waals surface area contributed by atoms with Crippen LogP contribution in [0.4, 0.5) is 4.39 Å². The van der Waals surface area contributed by atoms with E-state index in [1.807, 2.05) is 10.3 Å². The summed E-state index contributed by atoms with van der Waals surface area (Å²) in [6.07, 6.45) is 0. The monoisotopic (exact) mass is 285 g/mol. The smallest absolute Gasteiger partial charge is 0.265 e. The minimum Gasteiger partial charge on any atom is -0.297 e. The van der Waals surface area contributed by atoms with E-state index < -0.39 is 16.7 Å². The average Bonchev–Trinajstić information content (AvgIpc) is 2.43. The number of hydrazine groups is 1. The molecular weight excluding hydrogens is 269 g/mol. The van der Waals surface area contributed by atoms with E-state index >= 15 is 0 Å². The lowest BCUT2D eigenvalue weighted by atomic mass is 10.1. The molecule has 1 fully saturated rings. The Balaban J connectivity index is 2.10. The second kappa shape index (κ2) is 6.23. The Hall–Kier alpha value is -1.31. The fourth-order valence-corrected chi connectivity index (χ4v) is 3.12. The Morgan fingerprint density at radius 3 is 2.74 bits per heavy atom. The Kier molecular flexibility index (Phi) is 4.62. The summed E-state index contributed by atoms with van der Waals surface area (Å²) in [5, 5.41) is 0. The standard InChI is InChI=1S/C12H16FN3O2S/c13-11-2-1-9(12(17)15-14)7-10(11)8-16-3-5-19(18)6-4-16/h1-2,7H,3-6,8,14H2,(H,15,17). The fourth-order valence-electron chi connectivity index (χ4n) is 2.00. The molecule has 1 heterocycles. The van der Waals surface area contributed by atoms with Crippen LogP contribution in [0.5, 0.6) is 0 Å². The van der Waals surface area contributed by atoms with Gasteiger partial charge in [-0.05, 0) is 18.2 Å². The highest BCUT2D eigenvalue weighted by molar-refractivity contribution is 7.85. The summed E-state index contributed by atoms with van der Waals surface area (Å²) in [5.74, 6) is 5.50. The molecule has 104 valence electrons. The molecular formula is C12H16FN3O2S. The van der Waals surface area contributed by atoms with Gasteiger partial charge >= 0.3 is 0 Å². The summed E-state index contributed by atoms with van der Waals surface area (Å²) in [4.78, 5) is 13.4. The molecule has 0 bridgehead atoms. The third kappa shape index (κ3) is 3.59. The van der Waals surface area contributed by atoms with Gasteiger partial charge in [-0.1, -0.05) is 0 Å². The molecule has 0 atom stereocenters. The lowest BCUT2D eigenvalue weighted by molar-refractivity contribution is 0.0953. The molecule has 5 nitrogen and oxygen atoms in total. The van der Waals surface area contributed by atoms with Crippen molar-refractivity contribution in [2.45, 2.75) is 6.54 Å². The summed E-state index contributed by atoms with van der Waals surface area (Å²) in [6, 6.07) is 4.16. The van der Waals surface area contributed by atoms with Gasteiger partial charge in [-0.2, -0.15) is 0 Å². The van der Waals surface area contributed by atoms with Crippen molar-refractivity contribution in [1.82, 2.24) is 10.3 Å². The molecule has 2 rings (SSSR count). The van der Waals surface area contributed by atoms with Crippen LogP contribution in [0, 0.1) is 5.82 Å². The number of nitrogens with two attached hydrogens (primary N) is 1. The summed E-state index contributed by atoms with van der Waals surface area (Å²) in [5.41, 5.74) is 2.81. The van der Waals surface area contributed by atoms with Gasteiger partial charge in [0.2, 0.25) is 0 Å². The maximum Gasteiger partial charge on any atom is 0.265 e. The van der Waals surface area contributed by atoms with Crippen LogP contribution >= 0.6 is 0 Å². The first-order chi connectivity index (χ1) is 9.10. The van der Waals surface area contributed by atoms with Gasteiger partial charge in [-0.25, -0.2) is 10.2 Å². The van der Waals surface area contributed by atoms with Crippen LogP contribution in [-0.2, 0) is 17.3 Å². The van der Waals surface area contributed by atoms with Crippen LogP contribution < -0.4 is 11.3 Å². The summed E-state index contributed by atoms with van der Waals surface area (Å²) in [6.45, 7) is 1.77. The summed E-state index contributed by atoms with van der Waals surface area (Å²) in [7, 11) is -0.753. The quantitative estimate of drug-likeness (QED) is 0.465. The number of nitrogens with zero attached hydrogens (tertiary/aromatic N) is 1. The first-order valence-corrected chi connectivity index (χ1v) is 7.45. The van der Waals surface area contributed by atoms with Gasteiger partial charge < -0.3 is 0 Å². The largest absolute Gasteiger partial charge is 0.297 e. The minimum absolute atomic E-state index is 0.333. The van der Waals surface area contributed by atoms with E-state index in [-0.39, 0.29) is 5.82 Å². The van der Waals surface area contributed by atoms with Crippen LogP contribution in [0.3, 0.4) is 0 Å². The number of hydrogen-bond donors (Lipinski definition) is 2. The normalized spacial score (nSPS) is 17.4. The van der Waals surface area contributed by atoms with Crippen LogP contribution in [0.15, 0.2) is 18.2 Å². The van der Waals surface area contributed by atoms with Crippen molar-refractivity contribution in [1.29, 1.82) is 0 Å². The van der Waals surface area contributed by atoms with E-state index in [1.165, 1.54) is 18.2 Å².